The van der Waals surface area contributed by atoms with E-state index in [4.69, 9.17) is 0 Å². The first-order chi connectivity index (χ1) is 2.84. The standard InChI is InChI=1S/C5H9P/c1-2-4-3-5(4)6/h2-3,6H2,1H3. The van der Waals surface area contributed by atoms with Gasteiger partial charge in [-0.05, 0) is 18.2 Å². The minimum absolute atomic E-state index is 1.26. The molecule has 0 spiro atoms. The maximum atomic E-state index is 2.73. The highest BCUT2D eigenvalue weighted by atomic mass is 31.0. The van der Waals surface area contributed by atoms with E-state index in [0.29, 0.717) is 0 Å². The fraction of sp³-hybridized carbons (Fsp3) is 0.600. The smallest absolute Gasteiger partial charge is 0.00622 e. The van der Waals surface area contributed by atoms with Crippen LogP contribution in [0.5, 0.6) is 0 Å². The monoisotopic (exact) mass is 100 g/mol. The van der Waals surface area contributed by atoms with Crippen molar-refractivity contribution < 1.29 is 0 Å². The third-order valence-electron chi connectivity index (χ3n) is 1.16. The van der Waals surface area contributed by atoms with E-state index in [1.54, 1.807) is 5.57 Å². The average Bonchev–Trinajstić information content (AvgIpc) is 2.19. The molecular weight excluding hydrogens is 91.0 g/mol. The predicted octanol–water partition coefficient (Wildman–Crippen LogP) is 1.93. The lowest BCUT2D eigenvalue weighted by Gasteiger charge is -1.67. The van der Waals surface area contributed by atoms with Crippen LogP contribution >= 0.6 is 9.24 Å². The SMILES string of the molecule is CCC1=C(P)C1. The lowest BCUT2D eigenvalue weighted by atomic mass is 10.4. The first kappa shape index (κ1) is 4.33. The van der Waals surface area contributed by atoms with Gasteiger partial charge in [-0.1, -0.05) is 12.5 Å². The molecule has 0 radical (unpaired) electrons. The van der Waals surface area contributed by atoms with Crippen molar-refractivity contribution in [2.24, 2.45) is 0 Å². The minimum atomic E-state index is 1.26. The van der Waals surface area contributed by atoms with E-state index in [1.165, 1.54) is 18.2 Å². The normalized spacial score (nSPS) is 19.0. The van der Waals surface area contributed by atoms with E-state index in [9.17, 15) is 0 Å². The first-order valence-corrected chi connectivity index (χ1v) is 2.88. The van der Waals surface area contributed by atoms with Crippen LogP contribution in [-0.2, 0) is 0 Å². The fourth-order valence-corrected chi connectivity index (χ4v) is 0.988. The van der Waals surface area contributed by atoms with Crippen molar-refractivity contribution >= 4 is 9.24 Å². The second kappa shape index (κ2) is 1.35. The van der Waals surface area contributed by atoms with E-state index in [1.807, 2.05) is 0 Å². The summed E-state index contributed by atoms with van der Waals surface area (Å²) in [4.78, 5) is 0. The Morgan fingerprint density at radius 2 is 2.33 bits per heavy atom. The predicted molar refractivity (Wildman–Crippen MR) is 31.6 cm³/mol. The first-order valence-electron chi connectivity index (χ1n) is 2.31. The summed E-state index contributed by atoms with van der Waals surface area (Å²) in [5.74, 6) is 0. The zero-order chi connectivity index (χ0) is 4.57. The molecule has 1 rings (SSSR count). The largest absolute Gasteiger partial charge is 0.110 e. The Hall–Kier alpha value is 0.170. The van der Waals surface area contributed by atoms with Gasteiger partial charge in [0.1, 0.15) is 0 Å². The van der Waals surface area contributed by atoms with Gasteiger partial charge in [0, 0.05) is 0 Å². The van der Waals surface area contributed by atoms with E-state index in [-0.39, 0.29) is 0 Å². The molecule has 0 amide bonds. The third kappa shape index (κ3) is 0.628. The summed E-state index contributed by atoms with van der Waals surface area (Å²) in [7, 11) is 2.73. The average molecular weight is 100 g/mol. The lowest BCUT2D eigenvalue weighted by molar-refractivity contribution is 1.15. The van der Waals surface area contributed by atoms with E-state index >= 15 is 0 Å². The highest BCUT2D eigenvalue weighted by molar-refractivity contribution is 7.23. The van der Waals surface area contributed by atoms with Crippen LogP contribution in [0.15, 0.2) is 10.9 Å². The molecule has 0 N–H and O–H groups in total. The summed E-state index contributed by atoms with van der Waals surface area (Å²) in [6.07, 6.45) is 2.56. The molecule has 0 aromatic rings. The Labute approximate surface area is 40.8 Å². The van der Waals surface area contributed by atoms with Crippen molar-refractivity contribution in [1.82, 2.24) is 0 Å². The van der Waals surface area contributed by atoms with E-state index in [0.717, 1.165) is 0 Å². The molecule has 6 heavy (non-hydrogen) atoms. The van der Waals surface area contributed by atoms with Gasteiger partial charge in [-0.15, -0.1) is 9.24 Å². The van der Waals surface area contributed by atoms with Crippen LogP contribution in [0.1, 0.15) is 19.8 Å². The maximum absolute atomic E-state index is 2.73. The fourth-order valence-electron chi connectivity index (χ4n) is 0.538. The van der Waals surface area contributed by atoms with Crippen molar-refractivity contribution in [2.45, 2.75) is 19.8 Å². The van der Waals surface area contributed by atoms with Gasteiger partial charge in [0.15, 0.2) is 0 Å². The van der Waals surface area contributed by atoms with Gasteiger partial charge in [0.2, 0.25) is 0 Å². The van der Waals surface area contributed by atoms with Crippen LogP contribution in [0.25, 0.3) is 0 Å². The molecule has 0 fully saturated rings. The molecule has 0 saturated heterocycles. The van der Waals surface area contributed by atoms with Crippen molar-refractivity contribution in [3.63, 3.8) is 0 Å². The Balaban J connectivity index is 2.38. The van der Waals surface area contributed by atoms with Crippen molar-refractivity contribution in [3.05, 3.63) is 10.9 Å². The Bertz CT molecular complexity index is 92.1. The third-order valence-corrected chi connectivity index (χ3v) is 1.77. The van der Waals surface area contributed by atoms with Crippen LogP contribution < -0.4 is 0 Å². The van der Waals surface area contributed by atoms with E-state index in [2.05, 4.69) is 16.2 Å². The molecule has 0 aromatic carbocycles. The Morgan fingerprint density at radius 3 is 2.33 bits per heavy atom. The van der Waals surface area contributed by atoms with Crippen LogP contribution in [-0.4, -0.2) is 0 Å². The molecule has 0 bridgehead atoms. The number of hydrogen-bond acceptors (Lipinski definition) is 0. The summed E-state index contributed by atoms with van der Waals surface area (Å²) in [5, 5.41) is 1.54. The molecule has 1 atom stereocenters. The highest BCUT2D eigenvalue weighted by Crippen LogP contribution is 2.37. The quantitative estimate of drug-likeness (QED) is 0.441. The number of rotatable bonds is 1. The van der Waals surface area contributed by atoms with Crippen LogP contribution in [0.3, 0.4) is 0 Å². The minimum Gasteiger partial charge on any atom is -0.110 e. The summed E-state index contributed by atoms with van der Waals surface area (Å²) in [6.45, 7) is 2.20. The maximum Gasteiger partial charge on any atom is -0.00622 e. The van der Waals surface area contributed by atoms with Gasteiger partial charge >= 0.3 is 0 Å². The van der Waals surface area contributed by atoms with Crippen LogP contribution in [0, 0.1) is 0 Å². The van der Waals surface area contributed by atoms with Crippen molar-refractivity contribution in [1.29, 1.82) is 0 Å². The molecule has 1 unspecified atom stereocenters. The summed E-state index contributed by atoms with van der Waals surface area (Å²) < 4.78 is 0. The summed E-state index contributed by atoms with van der Waals surface area (Å²) >= 11 is 0. The molecule has 0 aliphatic heterocycles. The van der Waals surface area contributed by atoms with Gasteiger partial charge in [-0.3, -0.25) is 0 Å². The van der Waals surface area contributed by atoms with Gasteiger partial charge in [-0.25, -0.2) is 0 Å². The van der Waals surface area contributed by atoms with Gasteiger partial charge < -0.3 is 0 Å². The summed E-state index contributed by atoms with van der Waals surface area (Å²) in [6, 6.07) is 0. The zero-order valence-electron chi connectivity index (χ0n) is 3.99. The van der Waals surface area contributed by atoms with Gasteiger partial charge in [-0.2, -0.15) is 0 Å². The Kier molecular flexibility index (Phi) is 0.972. The molecule has 34 valence electrons. The molecule has 1 heteroatoms. The Morgan fingerprint density at radius 1 is 1.83 bits per heavy atom. The molecule has 1 aliphatic carbocycles. The lowest BCUT2D eigenvalue weighted by Crippen LogP contribution is -1.47. The number of allylic oxidation sites excluding steroid dienone is 2. The molecular formula is C5H9P. The van der Waals surface area contributed by atoms with Crippen LogP contribution in [0.4, 0.5) is 0 Å². The topological polar surface area (TPSA) is 0 Å². The van der Waals surface area contributed by atoms with Gasteiger partial charge in [0.25, 0.3) is 0 Å². The molecule has 0 heterocycles. The second-order valence-corrected chi connectivity index (χ2v) is 2.36. The molecule has 1 aliphatic rings. The van der Waals surface area contributed by atoms with Gasteiger partial charge in [0.05, 0.1) is 0 Å². The molecule has 0 saturated carbocycles. The summed E-state index contributed by atoms with van der Waals surface area (Å²) in [5.41, 5.74) is 1.64. The molecule has 0 aromatic heterocycles. The number of hydrogen-bond donors (Lipinski definition) is 0. The second-order valence-electron chi connectivity index (χ2n) is 1.66. The van der Waals surface area contributed by atoms with Crippen molar-refractivity contribution in [3.8, 4) is 0 Å². The highest BCUT2D eigenvalue weighted by Gasteiger charge is 2.12. The van der Waals surface area contributed by atoms with Crippen LogP contribution in [0.2, 0.25) is 0 Å². The molecule has 0 nitrogen and oxygen atoms in total. The van der Waals surface area contributed by atoms with E-state index < -0.39 is 0 Å². The van der Waals surface area contributed by atoms with Crippen molar-refractivity contribution in [2.75, 3.05) is 0 Å². The zero-order valence-corrected chi connectivity index (χ0v) is 5.15.